The Balaban J connectivity index is 1.51. The normalized spacial score (nSPS) is 30.9. The van der Waals surface area contributed by atoms with Crippen LogP contribution in [0.2, 0.25) is 0 Å². The van der Waals surface area contributed by atoms with Gasteiger partial charge in [-0.3, -0.25) is 0 Å². The van der Waals surface area contributed by atoms with Crippen molar-refractivity contribution in [3.63, 3.8) is 0 Å². The van der Waals surface area contributed by atoms with Crippen LogP contribution >= 0.6 is 0 Å². The van der Waals surface area contributed by atoms with Crippen LogP contribution in [0.15, 0.2) is 18.7 Å². The molecule has 1 unspecified atom stereocenters. The summed E-state index contributed by atoms with van der Waals surface area (Å²) in [6.07, 6.45) is 9.80. The Hall–Kier alpha value is -0.870. The molecule has 0 aromatic carbocycles. The van der Waals surface area contributed by atoms with Gasteiger partial charge in [-0.2, -0.15) is 0 Å². The van der Waals surface area contributed by atoms with E-state index in [0.29, 0.717) is 11.5 Å². The van der Waals surface area contributed by atoms with Gasteiger partial charge in [0.05, 0.1) is 6.33 Å². The third kappa shape index (κ3) is 2.59. The van der Waals surface area contributed by atoms with E-state index in [0.717, 1.165) is 0 Å². The fourth-order valence-electron chi connectivity index (χ4n) is 3.40. The third-order valence-electron chi connectivity index (χ3n) is 4.57. The van der Waals surface area contributed by atoms with Crippen LogP contribution in [0.25, 0.3) is 0 Å². The van der Waals surface area contributed by atoms with Crippen LogP contribution in [0.1, 0.15) is 32.2 Å². The highest BCUT2D eigenvalue weighted by Crippen LogP contribution is 2.29. The van der Waals surface area contributed by atoms with E-state index in [2.05, 4.69) is 32.9 Å². The van der Waals surface area contributed by atoms with Gasteiger partial charge >= 0.3 is 0 Å². The topological polar surface area (TPSA) is 33.1 Å². The molecule has 2 aliphatic rings. The van der Waals surface area contributed by atoms with Gasteiger partial charge in [-0.05, 0) is 31.2 Å². The molecule has 100 valence electrons. The van der Waals surface area contributed by atoms with Gasteiger partial charge in [0.2, 0.25) is 0 Å². The standard InChI is InChI=1S/C14H24N4/c1-14(4-5-15-10-14)11-17-7-2-13(3-8-17)18-9-6-16-12-18/h6,9,12-13,15H,2-5,7-8,10-11H2,1H3. The third-order valence-corrected chi connectivity index (χ3v) is 4.57. The summed E-state index contributed by atoms with van der Waals surface area (Å²) >= 11 is 0. The average molecular weight is 248 g/mol. The lowest BCUT2D eigenvalue weighted by atomic mass is 9.88. The second-order valence-corrected chi connectivity index (χ2v) is 6.25. The lowest BCUT2D eigenvalue weighted by Gasteiger charge is -2.37. The van der Waals surface area contributed by atoms with Gasteiger partial charge in [0, 0.05) is 44.6 Å². The van der Waals surface area contributed by atoms with Crippen LogP contribution in [0, 0.1) is 5.41 Å². The number of nitrogens with one attached hydrogen (secondary N) is 1. The molecule has 3 heterocycles. The van der Waals surface area contributed by atoms with Gasteiger partial charge < -0.3 is 14.8 Å². The minimum Gasteiger partial charge on any atom is -0.334 e. The van der Waals surface area contributed by atoms with Crippen LogP contribution in [-0.2, 0) is 0 Å². The maximum Gasteiger partial charge on any atom is 0.0948 e. The largest absolute Gasteiger partial charge is 0.334 e. The molecule has 0 radical (unpaired) electrons. The lowest BCUT2D eigenvalue weighted by molar-refractivity contribution is 0.130. The Morgan fingerprint density at radius 1 is 1.39 bits per heavy atom. The van der Waals surface area contributed by atoms with Crippen molar-refractivity contribution in [1.29, 1.82) is 0 Å². The molecule has 18 heavy (non-hydrogen) atoms. The smallest absolute Gasteiger partial charge is 0.0948 e. The first-order valence-electron chi connectivity index (χ1n) is 7.16. The number of likely N-dealkylation sites (tertiary alicyclic amines) is 1. The molecule has 2 aliphatic heterocycles. The number of aromatic nitrogens is 2. The summed E-state index contributed by atoms with van der Waals surface area (Å²) in [4.78, 5) is 6.80. The van der Waals surface area contributed by atoms with E-state index in [-0.39, 0.29) is 0 Å². The van der Waals surface area contributed by atoms with Gasteiger partial charge in [0.15, 0.2) is 0 Å². The molecule has 1 aromatic rings. The van der Waals surface area contributed by atoms with Crippen molar-refractivity contribution in [2.45, 2.75) is 32.2 Å². The predicted octanol–water partition coefficient (Wildman–Crippen LogP) is 1.52. The van der Waals surface area contributed by atoms with Gasteiger partial charge in [-0.25, -0.2) is 4.98 Å². The molecule has 1 N–H and O–H groups in total. The zero-order valence-corrected chi connectivity index (χ0v) is 11.3. The second-order valence-electron chi connectivity index (χ2n) is 6.25. The first-order chi connectivity index (χ1) is 8.75. The first-order valence-corrected chi connectivity index (χ1v) is 7.16. The van der Waals surface area contributed by atoms with E-state index in [1.54, 1.807) is 0 Å². The summed E-state index contributed by atoms with van der Waals surface area (Å²) in [7, 11) is 0. The number of rotatable bonds is 3. The summed E-state index contributed by atoms with van der Waals surface area (Å²) in [6.45, 7) is 8.54. The number of imidazole rings is 1. The van der Waals surface area contributed by atoms with Crippen LogP contribution < -0.4 is 5.32 Å². The van der Waals surface area contributed by atoms with E-state index >= 15 is 0 Å². The molecule has 1 atom stereocenters. The Bertz CT molecular complexity index is 359. The van der Waals surface area contributed by atoms with Gasteiger partial charge in [-0.1, -0.05) is 6.92 Å². The monoisotopic (exact) mass is 248 g/mol. The predicted molar refractivity (Wildman–Crippen MR) is 72.5 cm³/mol. The minimum absolute atomic E-state index is 0.502. The van der Waals surface area contributed by atoms with E-state index in [1.165, 1.54) is 52.0 Å². The molecule has 0 bridgehead atoms. The Morgan fingerprint density at radius 3 is 2.83 bits per heavy atom. The Kier molecular flexibility index (Phi) is 3.39. The zero-order chi connectivity index (χ0) is 12.4. The van der Waals surface area contributed by atoms with Crippen molar-refractivity contribution in [3.8, 4) is 0 Å². The minimum atomic E-state index is 0.502. The maximum absolute atomic E-state index is 4.15. The summed E-state index contributed by atoms with van der Waals surface area (Å²) in [5, 5.41) is 3.49. The molecule has 3 rings (SSSR count). The molecule has 1 aromatic heterocycles. The van der Waals surface area contributed by atoms with E-state index in [1.807, 2.05) is 12.5 Å². The van der Waals surface area contributed by atoms with Crippen LogP contribution in [0.3, 0.4) is 0 Å². The molecule has 4 heteroatoms. The first kappa shape index (κ1) is 12.2. The Morgan fingerprint density at radius 2 is 2.22 bits per heavy atom. The van der Waals surface area contributed by atoms with Crippen molar-refractivity contribution in [3.05, 3.63) is 18.7 Å². The highest BCUT2D eigenvalue weighted by Gasteiger charge is 2.32. The lowest BCUT2D eigenvalue weighted by Crippen LogP contribution is -2.42. The number of hydrogen-bond acceptors (Lipinski definition) is 3. The summed E-state index contributed by atoms with van der Waals surface area (Å²) in [5.74, 6) is 0. The SMILES string of the molecule is CC1(CN2CCC(n3ccnc3)CC2)CCNC1. The Labute approximate surface area is 109 Å². The molecule has 2 fully saturated rings. The highest BCUT2D eigenvalue weighted by molar-refractivity contribution is 4.89. The number of piperidine rings is 1. The summed E-state index contributed by atoms with van der Waals surface area (Å²) in [5.41, 5.74) is 0.502. The average Bonchev–Trinajstić information content (AvgIpc) is 3.02. The van der Waals surface area contributed by atoms with Crippen LogP contribution in [-0.4, -0.2) is 47.2 Å². The van der Waals surface area contributed by atoms with Crippen molar-refractivity contribution in [1.82, 2.24) is 19.8 Å². The van der Waals surface area contributed by atoms with E-state index in [4.69, 9.17) is 0 Å². The quantitative estimate of drug-likeness (QED) is 0.880. The molecule has 0 aliphatic carbocycles. The molecular formula is C14H24N4. The van der Waals surface area contributed by atoms with Crippen molar-refractivity contribution in [2.24, 2.45) is 5.41 Å². The van der Waals surface area contributed by atoms with E-state index < -0.39 is 0 Å². The van der Waals surface area contributed by atoms with Crippen molar-refractivity contribution in [2.75, 3.05) is 32.7 Å². The van der Waals surface area contributed by atoms with Gasteiger partial charge in [0.25, 0.3) is 0 Å². The van der Waals surface area contributed by atoms with Crippen molar-refractivity contribution >= 4 is 0 Å². The van der Waals surface area contributed by atoms with Crippen LogP contribution in [0.5, 0.6) is 0 Å². The molecule has 0 saturated carbocycles. The number of nitrogens with zero attached hydrogens (tertiary/aromatic N) is 3. The zero-order valence-electron chi connectivity index (χ0n) is 11.3. The molecule has 0 amide bonds. The fraction of sp³-hybridized carbons (Fsp3) is 0.786. The highest BCUT2D eigenvalue weighted by atomic mass is 15.2. The summed E-state index contributed by atoms with van der Waals surface area (Å²) in [6, 6.07) is 0.665. The maximum atomic E-state index is 4.15. The fourth-order valence-corrected chi connectivity index (χ4v) is 3.40. The van der Waals surface area contributed by atoms with Crippen molar-refractivity contribution < 1.29 is 0 Å². The molecule has 4 nitrogen and oxygen atoms in total. The molecular weight excluding hydrogens is 224 g/mol. The van der Waals surface area contributed by atoms with E-state index in [9.17, 15) is 0 Å². The summed E-state index contributed by atoms with van der Waals surface area (Å²) < 4.78 is 2.27. The second kappa shape index (κ2) is 5.02. The molecule has 2 saturated heterocycles. The number of hydrogen-bond donors (Lipinski definition) is 1. The van der Waals surface area contributed by atoms with Crippen LogP contribution in [0.4, 0.5) is 0 Å². The van der Waals surface area contributed by atoms with Gasteiger partial charge in [0.1, 0.15) is 0 Å². The molecule has 0 spiro atoms. The van der Waals surface area contributed by atoms with Gasteiger partial charge in [-0.15, -0.1) is 0 Å².